The predicted molar refractivity (Wildman–Crippen MR) is 110 cm³/mol. The number of halogens is 2. The molecular formula is C19H17Cl2N3O4. The van der Waals surface area contributed by atoms with Crippen LogP contribution in [-0.2, 0) is 6.42 Å². The Bertz CT molecular complexity index is 1070. The lowest BCUT2D eigenvalue weighted by Gasteiger charge is -2.19. The van der Waals surface area contributed by atoms with Crippen molar-refractivity contribution >= 4 is 39.8 Å². The maximum atomic E-state index is 11.6. The third-order valence-corrected chi connectivity index (χ3v) is 4.96. The molecule has 3 aromatic rings. The molecule has 1 aromatic heterocycles. The highest BCUT2D eigenvalue weighted by molar-refractivity contribution is 6.35. The lowest BCUT2D eigenvalue weighted by atomic mass is 9.96. The van der Waals surface area contributed by atoms with Crippen molar-refractivity contribution in [2.45, 2.75) is 6.42 Å². The van der Waals surface area contributed by atoms with Gasteiger partial charge in [0.25, 0.3) is 5.69 Å². The number of fused-ring (bicyclic) bond motifs is 1. The Kier molecular flexibility index (Phi) is 5.88. The predicted octanol–water partition coefficient (Wildman–Crippen LogP) is 4.64. The molecule has 2 aromatic carbocycles. The molecular weight excluding hydrogens is 405 g/mol. The molecule has 0 bridgehead atoms. The summed E-state index contributed by atoms with van der Waals surface area (Å²) in [5.74, 6) is 0.742. The number of para-hydroxylation sites is 1. The minimum atomic E-state index is -0.448. The SMILES string of the molecule is COc1c(Cl)c(CCN)c(OC)c2c(-c3ccccc3[N+](=O)[O-])cc(Cl)nc12. The smallest absolute Gasteiger partial charge is 0.277 e. The van der Waals surface area contributed by atoms with Gasteiger partial charge in [0.15, 0.2) is 5.75 Å². The van der Waals surface area contributed by atoms with Gasteiger partial charge in [0.2, 0.25) is 0 Å². The van der Waals surface area contributed by atoms with Gasteiger partial charge in [-0.2, -0.15) is 0 Å². The fraction of sp³-hybridized carbons (Fsp3) is 0.211. The van der Waals surface area contributed by atoms with E-state index in [0.29, 0.717) is 57.1 Å². The molecule has 146 valence electrons. The van der Waals surface area contributed by atoms with Crippen molar-refractivity contribution in [3.05, 3.63) is 56.2 Å². The highest BCUT2D eigenvalue weighted by Crippen LogP contribution is 2.48. The average Bonchev–Trinajstić information content (AvgIpc) is 2.68. The quantitative estimate of drug-likeness (QED) is 0.353. The zero-order chi connectivity index (χ0) is 20.4. The average molecular weight is 422 g/mol. The second kappa shape index (κ2) is 8.18. The minimum Gasteiger partial charge on any atom is -0.496 e. The van der Waals surface area contributed by atoms with Crippen LogP contribution in [0.4, 0.5) is 5.69 Å². The Morgan fingerprint density at radius 1 is 1.14 bits per heavy atom. The van der Waals surface area contributed by atoms with Crippen LogP contribution in [0.3, 0.4) is 0 Å². The van der Waals surface area contributed by atoms with Gasteiger partial charge in [-0.3, -0.25) is 10.1 Å². The first-order valence-corrected chi connectivity index (χ1v) is 9.06. The van der Waals surface area contributed by atoms with E-state index >= 15 is 0 Å². The van der Waals surface area contributed by atoms with E-state index in [4.69, 9.17) is 38.4 Å². The van der Waals surface area contributed by atoms with Gasteiger partial charge in [-0.05, 0) is 25.1 Å². The van der Waals surface area contributed by atoms with Gasteiger partial charge in [-0.25, -0.2) is 4.98 Å². The summed E-state index contributed by atoms with van der Waals surface area (Å²) < 4.78 is 11.1. The van der Waals surface area contributed by atoms with Crippen LogP contribution < -0.4 is 15.2 Å². The van der Waals surface area contributed by atoms with Gasteiger partial charge in [-0.15, -0.1) is 0 Å². The standard InChI is InChI=1S/C19H17Cl2N3O4/c1-27-18-11(7-8-22)16(21)19(28-2)17-15(18)12(9-14(20)23-17)10-5-3-4-6-13(10)24(25)26/h3-6,9H,7-8,22H2,1-2H3. The molecule has 0 radical (unpaired) electrons. The van der Waals surface area contributed by atoms with Gasteiger partial charge in [-0.1, -0.05) is 35.3 Å². The van der Waals surface area contributed by atoms with Crippen molar-refractivity contribution in [3.8, 4) is 22.6 Å². The van der Waals surface area contributed by atoms with Gasteiger partial charge in [0, 0.05) is 17.2 Å². The van der Waals surface area contributed by atoms with E-state index in [2.05, 4.69) is 4.98 Å². The van der Waals surface area contributed by atoms with Crippen LogP contribution in [-0.4, -0.2) is 30.7 Å². The van der Waals surface area contributed by atoms with Crippen molar-refractivity contribution in [1.82, 2.24) is 4.98 Å². The summed E-state index contributed by atoms with van der Waals surface area (Å²) in [5, 5.41) is 12.6. The summed E-state index contributed by atoms with van der Waals surface area (Å²) in [5.41, 5.74) is 7.54. The van der Waals surface area contributed by atoms with Crippen LogP contribution in [0.15, 0.2) is 30.3 Å². The van der Waals surface area contributed by atoms with Crippen LogP contribution >= 0.6 is 23.2 Å². The molecule has 0 aliphatic rings. The van der Waals surface area contributed by atoms with Crippen molar-refractivity contribution in [2.75, 3.05) is 20.8 Å². The lowest BCUT2D eigenvalue weighted by molar-refractivity contribution is -0.384. The summed E-state index contributed by atoms with van der Waals surface area (Å²) in [6.07, 6.45) is 0.424. The monoisotopic (exact) mass is 421 g/mol. The van der Waals surface area contributed by atoms with Crippen molar-refractivity contribution in [2.24, 2.45) is 5.73 Å². The van der Waals surface area contributed by atoms with Gasteiger partial charge in [0.1, 0.15) is 16.4 Å². The molecule has 0 aliphatic carbocycles. The fourth-order valence-electron chi connectivity index (χ4n) is 3.25. The summed E-state index contributed by atoms with van der Waals surface area (Å²) >= 11 is 12.8. The first-order chi connectivity index (χ1) is 13.4. The number of hydrogen-bond donors (Lipinski definition) is 1. The number of nitro benzene ring substituents is 1. The Morgan fingerprint density at radius 3 is 2.43 bits per heavy atom. The summed E-state index contributed by atoms with van der Waals surface area (Å²) in [4.78, 5) is 15.5. The van der Waals surface area contributed by atoms with Crippen LogP contribution in [0.5, 0.6) is 11.5 Å². The molecule has 2 N–H and O–H groups in total. The van der Waals surface area contributed by atoms with Gasteiger partial charge < -0.3 is 15.2 Å². The van der Waals surface area contributed by atoms with Crippen LogP contribution in [0, 0.1) is 10.1 Å². The number of aromatic nitrogens is 1. The Labute approximate surface area is 171 Å². The van der Waals surface area contributed by atoms with E-state index in [9.17, 15) is 10.1 Å². The summed E-state index contributed by atoms with van der Waals surface area (Å²) in [6.45, 7) is 0.326. The molecule has 0 spiro atoms. The number of methoxy groups -OCH3 is 2. The second-order valence-corrected chi connectivity index (χ2v) is 6.65. The third kappa shape index (κ3) is 3.32. The van der Waals surface area contributed by atoms with Gasteiger partial charge in [0.05, 0.1) is 35.1 Å². The van der Waals surface area contributed by atoms with Crippen LogP contribution in [0.25, 0.3) is 22.0 Å². The molecule has 0 amide bonds. The molecule has 7 nitrogen and oxygen atoms in total. The number of rotatable bonds is 6. The van der Waals surface area contributed by atoms with E-state index in [0.717, 1.165) is 0 Å². The van der Waals surface area contributed by atoms with Crippen molar-refractivity contribution in [1.29, 1.82) is 0 Å². The summed E-state index contributed by atoms with van der Waals surface area (Å²) in [7, 11) is 2.96. The topological polar surface area (TPSA) is 101 Å². The number of nitro groups is 1. The first-order valence-electron chi connectivity index (χ1n) is 8.31. The lowest BCUT2D eigenvalue weighted by Crippen LogP contribution is -2.07. The Morgan fingerprint density at radius 2 is 1.82 bits per heavy atom. The number of benzene rings is 2. The van der Waals surface area contributed by atoms with E-state index in [1.54, 1.807) is 24.3 Å². The highest BCUT2D eigenvalue weighted by atomic mass is 35.5. The second-order valence-electron chi connectivity index (χ2n) is 5.89. The zero-order valence-corrected chi connectivity index (χ0v) is 16.7. The zero-order valence-electron chi connectivity index (χ0n) is 15.2. The maximum absolute atomic E-state index is 11.6. The van der Waals surface area contributed by atoms with E-state index < -0.39 is 4.92 Å². The molecule has 0 saturated heterocycles. The molecule has 0 aliphatic heterocycles. The number of hydrogen-bond acceptors (Lipinski definition) is 6. The molecule has 3 rings (SSSR count). The van der Waals surface area contributed by atoms with Crippen molar-refractivity contribution < 1.29 is 14.4 Å². The van der Waals surface area contributed by atoms with Crippen LogP contribution in [0.2, 0.25) is 10.2 Å². The number of ether oxygens (including phenoxy) is 2. The molecule has 9 heteroatoms. The number of pyridine rings is 1. The minimum absolute atomic E-state index is 0.0672. The molecule has 0 unspecified atom stereocenters. The molecule has 28 heavy (non-hydrogen) atoms. The van der Waals surface area contributed by atoms with E-state index in [1.807, 2.05) is 0 Å². The number of nitrogens with two attached hydrogens (primary N) is 1. The first kappa shape index (κ1) is 20.1. The molecule has 0 atom stereocenters. The van der Waals surface area contributed by atoms with Gasteiger partial charge >= 0.3 is 0 Å². The molecule has 1 heterocycles. The highest BCUT2D eigenvalue weighted by Gasteiger charge is 2.26. The fourth-order valence-corrected chi connectivity index (χ4v) is 3.79. The number of nitrogens with zero attached hydrogens (tertiary/aromatic N) is 2. The largest absolute Gasteiger partial charge is 0.496 e. The van der Waals surface area contributed by atoms with Crippen LogP contribution in [0.1, 0.15) is 5.56 Å². The normalized spacial score (nSPS) is 10.9. The summed E-state index contributed by atoms with van der Waals surface area (Å²) in [6, 6.07) is 7.95. The third-order valence-electron chi connectivity index (χ3n) is 4.36. The Hall–Kier alpha value is -2.61. The molecule has 0 saturated carbocycles. The van der Waals surface area contributed by atoms with E-state index in [-0.39, 0.29) is 10.8 Å². The Balaban J connectivity index is 2.55. The van der Waals surface area contributed by atoms with E-state index in [1.165, 1.54) is 20.3 Å². The molecule has 0 fully saturated rings. The van der Waals surface area contributed by atoms with Crippen molar-refractivity contribution in [3.63, 3.8) is 0 Å². The maximum Gasteiger partial charge on any atom is 0.277 e.